The second kappa shape index (κ2) is 11.1. The monoisotopic (exact) mass is 431 g/mol. The average Bonchev–Trinajstić information content (AvgIpc) is 2.83. The zero-order valence-corrected chi connectivity index (χ0v) is 18.9. The van der Waals surface area contributed by atoms with E-state index in [1.165, 1.54) is 16.3 Å². The van der Waals surface area contributed by atoms with Crippen LogP contribution < -0.4 is 10.1 Å². The third-order valence-corrected chi connectivity index (χ3v) is 6.15. The van der Waals surface area contributed by atoms with E-state index in [9.17, 15) is 4.79 Å². The van der Waals surface area contributed by atoms with Gasteiger partial charge < -0.3 is 10.1 Å². The second-order valence-electron chi connectivity index (χ2n) is 8.82. The molecule has 2 heterocycles. The second-order valence-corrected chi connectivity index (χ2v) is 8.82. The van der Waals surface area contributed by atoms with Crippen LogP contribution in [0.4, 0.5) is 0 Å². The molecule has 0 unspecified atom stereocenters. The zero-order valence-electron chi connectivity index (χ0n) is 18.9. The van der Waals surface area contributed by atoms with E-state index in [1.807, 2.05) is 12.1 Å². The Morgan fingerprint density at radius 3 is 2.81 bits per heavy atom. The standard InChI is InChI=1S/C27H33N3O2/c1-2-3-13-29-27(31)25-15-22(20-32-26-9-6-12-28-16-26)18-30(19-25)17-21-10-11-23-7-4-5-8-24(23)14-21/h4-12,14,16,22,25H,2-3,13,15,17-20H2,1H3,(H,29,31)/t22-,25+/m0/s1. The predicted octanol–water partition coefficient (Wildman–Crippen LogP) is 4.67. The van der Waals surface area contributed by atoms with Crippen LogP contribution in [0.15, 0.2) is 67.0 Å². The minimum absolute atomic E-state index is 0.0106. The molecule has 5 heteroatoms. The van der Waals surface area contributed by atoms with Crippen LogP contribution in [0.2, 0.25) is 0 Å². The summed E-state index contributed by atoms with van der Waals surface area (Å²) >= 11 is 0. The van der Waals surface area contributed by atoms with E-state index >= 15 is 0 Å². The van der Waals surface area contributed by atoms with Crippen LogP contribution in [0.3, 0.4) is 0 Å². The fourth-order valence-electron chi connectivity index (χ4n) is 4.52. The van der Waals surface area contributed by atoms with Crippen LogP contribution in [0, 0.1) is 11.8 Å². The van der Waals surface area contributed by atoms with Crippen molar-refractivity contribution in [2.45, 2.75) is 32.7 Å². The Labute approximate surface area is 190 Å². The van der Waals surface area contributed by atoms with E-state index in [0.29, 0.717) is 12.5 Å². The minimum Gasteiger partial charge on any atom is -0.492 e. The lowest BCUT2D eigenvalue weighted by atomic mass is 9.88. The highest BCUT2D eigenvalue weighted by atomic mass is 16.5. The van der Waals surface area contributed by atoms with E-state index < -0.39 is 0 Å². The molecule has 32 heavy (non-hydrogen) atoms. The van der Waals surface area contributed by atoms with Crippen molar-refractivity contribution in [1.29, 1.82) is 0 Å². The lowest BCUT2D eigenvalue weighted by Gasteiger charge is -2.37. The summed E-state index contributed by atoms with van der Waals surface area (Å²) in [4.78, 5) is 19.4. The number of pyridine rings is 1. The van der Waals surface area contributed by atoms with Gasteiger partial charge in [0.15, 0.2) is 0 Å². The lowest BCUT2D eigenvalue weighted by Crippen LogP contribution is -2.47. The first-order valence-electron chi connectivity index (χ1n) is 11.7. The highest BCUT2D eigenvalue weighted by Gasteiger charge is 2.32. The number of carbonyl (C=O) groups is 1. The summed E-state index contributed by atoms with van der Waals surface area (Å²) < 4.78 is 6.01. The molecule has 1 saturated heterocycles. The molecule has 1 aliphatic heterocycles. The van der Waals surface area contributed by atoms with Crippen LogP contribution >= 0.6 is 0 Å². The fourth-order valence-corrected chi connectivity index (χ4v) is 4.52. The van der Waals surface area contributed by atoms with Crippen molar-refractivity contribution in [3.05, 3.63) is 72.6 Å². The van der Waals surface area contributed by atoms with E-state index in [0.717, 1.165) is 51.2 Å². The molecule has 0 spiro atoms. The molecule has 0 bridgehead atoms. The van der Waals surface area contributed by atoms with E-state index in [2.05, 4.69) is 64.6 Å². The molecule has 4 rings (SSSR count). The van der Waals surface area contributed by atoms with Gasteiger partial charge in [-0.1, -0.05) is 49.7 Å². The molecule has 1 aliphatic rings. The van der Waals surface area contributed by atoms with Gasteiger partial charge in [-0.2, -0.15) is 0 Å². The number of piperidine rings is 1. The summed E-state index contributed by atoms with van der Waals surface area (Å²) in [6.07, 6.45) is 6.44. The van der Waals surface area contributed by atoms with Crippen molar-refractivity contribution in [2.75, 3.05) is 26.2 Å². The molecular weight excluding hydrogens is 398 g/mol. The van der Waals surface area contributed by atoms with Gasteiger partial charge in [-0.15, -0.1) is 0 Å². The normalized spacial score (nSPS) is 19.0. The van der Waals surface area contributed by atoms with Crippen LogP contribution in [0.25, 0.3) is 10.8 Å². The van der Waals surface area contributed by atoms with Gasteiger partial charge >= 0.3 is 0 Å². The van der Waals surface area contributed by atoms with E-state index in [-0.39, 0.29) is 11.8 Å². The Kier molecular flexibility index (Phi) is 7.73. The third-order valence-electron chi connectivity index (χ3n) is 6.15. The van der Waals surface area contributed by atoms with Crippen LogP contribution in [-0.2, 0) is 11.3 Å². The van der Waals surface area contributed by atoms with Crippen molar-refractivity contribution >= 4 is 16.7 Å². The van der Waals surface area contributed by atoms with Crippen molar-refractivity contribution < 1.29 is 9.53 Å². The van der Waals surface area contributed by atoms with Crippen molar-refractivity contribution in [3.8, 4) is 5.75 Å². The molecule has 2 atom stereocenters. The topological polar surface area (TPSA) is 54.5 Å². The number of fused-ring (bicyclic) bond motifs is 1. The Balaban J connectivity index is 1.44. The summed E-state index contributed by atoms with van der Waals surface area (Å²) in [6.45, 7) is 6.04. The van der Waals surface area contributed by atoms with Gasteiger partial charge in [-0.25, -0.2) is 0 Å². The number of likely N-dealkylation sites (tertiary alicyclic amines) is 1. The van der Waals surface area contributed by atoms with Crippen LogP contribution in [0.5, 0.6) is 5.75 Å². The lowest BCUT2D eigenvalue weighted by molar-refractivity contribution is -0.127. The predicted molar refractivity (Wildman–Crippen MR) is 128 cm³/mol. The maximum atomic E-state index is 12.9. The summed E-state index contributed by atoms with van der Waals surface area (Å²) in [6, 6.07) is 18.9. The van der Waals surface area contributed by atoms with Crippen molar-refractivity contribution in [3.63, 3.8) is 0 Å². The van der Waals surface area contributed by atoms with Gasteiger partial charge in [0.25, 0.3) is 0 Å². The number of carbonyl (C=O) groups excluding carboxylic acids is 1. The van der Waals surface area contributed by atoms with Crippen molar-refractivity contribution in [1.82, 2.24) is 15.2 Å². The summed E-state index contributed by atoms with van der Waals surface area (Å²) in [5.74, 6) is 1.24. The largest absolute Gasteiger partial charge is 0.492 e. The van der Waals surface area contributed by atoms with Crippen molar-refractivity contribution in [2.24, 2.45) is 11.8 Å². The molecule has 168 valence electrons. The minimum atomic E-state index is -0.0106. The van der Waals surface area contributed by atoms with Gasteiger partial charge in [0.2, 0.25) is 5.91 Å². The van der Waals surface area contributed by atoms with Gasteiger partial charge in [-0.3, -0.25) is 14.7 Å². The number of amides is 1. The highest BCUT2D eigenvalue weighted by Crippen LogP contribution is 2.26. The van der Waals surface area contributed by atoms with Gasteiger partial charge in [-0.05, 0) is 47.4 Å². The molecule has 5 nitrogen and oxygen atoms in total. The van der Waals surface area contributed by atoms with Gasteiger partial charge in [0, 0.05) is 38.3 Å². The van der Waals surface area contributed by atoms with Crippen LogP contribution in [0.1, 0.15) is 31.7 Å². The summed E-state index contributed by atoms with van der Waals surface area (Å²) in [5, 5.41) is 5.65. The number of ether oxygens (including phenoxy) is 1. The molecular formula is C27H33N3O2. The number of hydrogen-bond acceptors (Lipinski definition) is 4. The number of nitrogens with one attached hydrogen (secondary N) is 1. The molecule has 1 N–H and O–H groups in total. The fraction of sp³-hybridized carbons (Fsp3) is 0.407. The Bertz CT molecular complexity index is 1010. The Morgan fingerprint density at radius 2 is 2.00 bits per heavy atom. The van der Waals surface area contributed by atoms with Crippen LogP contribution in [-0.4, -0.2) is 42.0 Å². The molecule has 0 saturated carbocycles. The first-order valence-corrected chi connectivity index (χ1v) is 11.7. The Hall–Kier alpha value is -2.92. The molecule has 1 amide bonds. The number of rotatable bonds is 9. The number of nitrogens with zero attached hydrogens (tertiary/aromatic N) is 2. The summed E-state index contributed by atoms with van der Waals surface area (Å²) in [5.41, 5.74) is 1.28. The first kappa shape index (κ1) is 22.3. The molecule has 1 aromatic heterocycles. The van der Waals surface area contributed by atoms with E-state index in [4.69, 9.17) is 4.74 Å². The maximum absolute atomic E-state index is 12.9. The smallest absolute Gasteiger partial charge is 0.224 e. The molecule has 3 aromatic rings. The number of benzene rings is 2. The number of unbranched alkanes of at least 4 members (excludes halogenated alkanes) is 1. The highest BCUT2D eigenvalue weighted by molar-refractivity contribution is 5.83. The molecule has 1 fully saturated rings. The molecule has 0 radical (unpaired) electrons. The third kappa shape index (κ3) is 6.07. The van der Waals surface area contributed by atoms with Gasteiger partial charge in [0.1, 0.15) is 5.75 Å². The quantitative estimate of drug-likeness (QED) is 0.500. The average molecular weight is 432 g/mol. The van der Waals surface area contributed by atoms with Gasteiger partial charge in [0.05, 0.1) is 18.7 Å². The summed E-state index contributed by atoms with van der Waals surface area (Å²) in [7, 11) is 0. The molecule has 2 aromatic carbocycles. The zero-order chi connectivity index (χ0) is 22.2. The maximum Gasteiger partial charge on any atom is 0.224 e. The number of hydrogen-bond donors (Lipinski definition) is 1. The number of aromatic nitrogens is 1. The SMILES string of the molecule is CCCCNC(=O)[C@@H]1C[C@H](COc2cccnc2)CN(Cc2ccc3ccccc3c2)C1. The Morgan fingerprint density at radius 1 is 1.12 bits per heavy atom. The first-order chi connectivity index (χ1) is 15.7. The van der Waals surface area contributed by atoms with E-state index in [1.54, 1.807) is 12.4 Å². The molecule has 0 aliphatic carbocycles.